The minimum Gasteiger partial charge on any atom is -0.372 e. The Morgan fingerprint density at radius 1 is 1.18 bits per heavy atom. The van der Waals surface area contributed by atoms with Gasteiger partial charge in [-0.2, -0.15) is 0 Å². The molecule has 0 bridgehead atoms. The standard InChI is InChI=1S/C9H19NO/c1-5-9-7(3)10-6(2)8(4)11-9/h6-10H,5H2,1-4H3. The zero-order chi connectivity index (χ0) is 8.43. The van der Waals surface area contributed by atoms with Gasteiger partial charge in [0.1, 0.15) is 0 Å². The minimum atomic E-state index is 0.358. The highest BCUT2D eigenvalue weighted by atomic mass is 16.5. The lowest BCUT2D eigenvalue weighted by Gasteiger charge is -2.38. The molecule has 0 amide bonds. The van der Waals surface area contributed by atoms with E-state index in [0.717, 1.165) is 6.42 Å². The van der Waals surface area contributed by atoms with Crippen LogP contribution in [0.2, 0.25) is 0 Å². The monoisotopic (exact) mass is 157 g/mol. The summed E-state index contributed by atoms with van der Waals surface area (Å²) in [6.07, 6.45) is 1.86. The van der Waals surface area contributed by atoms with Gasteiger partial charge in [-0.15, -0.1) is 0 Å². The Labute approximate surface area is 69.3 Å². The van der Waals surface area contributed by atoms with E-state index in [4.69, 9.17) is 4.74 Å². The van der Waals surface area contributed by atoms with Gasteiger partial charge in [-0.1, -0.05) is 6.92 Å². The number of morpholine rings is 1. The van der Waals surface area contributed by atoms with Crippen molar-refractivity contribution in [3.63, 3.8) is 0 Å². The van der Waals surface area contributed by atoms with E-state index in [2.05, 4.69) is 33.0 Å². The molecule has 0 aliphatic carbocycles. The van der Waals surface area contributed by atoms with E-state index in [-0.39, 0.29) is 0 Å². The van der Waals surface area contributed by atoms with E-state index in [1.807, 2.05) is 0 Å². The first-order valence-electron chi connectivity index (χ1n) is 4.56. The topological polar surface area (TPSA) is 21.3 Å². The van der Waals surface area contributed by atoms with Crippen molar-refractivity contribution in [2.24, 2.45) is 0 Å². The molecule has 1 rings (SSSR count). The first-order chi connectivity index (χ1) is 5.15. The van der Waals surface area contributed by atoms with Crippen LogP contribution < -0.4 is 5.32 Å². The van der Waals surface area contributed by atoms with Gasteiger partial charge in [0.25, 0.3) is 0 Å². The van der Waals surface area contributed by atoms with Crippen molar-refractivity contribution in [2.75, 3.05) is 0 Å². The first kappa shape index (κ1) is 9.01. The van der Waals surface area contributed by atoms with Gasteiger partial charge >= 0.3 is 0 Å². The minimum absolute atomic E-state index is 0.358. The van der Waals surface area contributed by atoms with Gasteiger partial charge in [0, 0.05) is 12.1 Å². The molecule has 0 aromatic heterocycles. The molecule has 1 saturated heterocycles. The zero-order valence-electron chi connectivity index (χ0n) is 7.92. The van der Waals surface area contributed by atoms with E-state index >= 15 is 0 Å². The van der Waals surface area contributed by atoms with Gasteiger partial charge in [-0.3, -0.25) is 0 Å². The van der Waals surface area contributed by atoms with E-state index in [0.29, 0.717) is 24.3 Å². The molecule has 1 N–H and O–H groups in total. The number of hydrogen-bond acceptors (Lipinski definition) is 2. The van der Waals surface area contributed by atoms with Gasteiger partial charge in [-0.05, 0) is 27.2 Å². The lowest BCUT2D eigenvalue weighted by molar-refractivity contribution is -0.0725. The summed E-state index contributed by atoms with van der Waals surface area (Å²) >= 11 is 0. The average molecular weight is 157 g/mol. The Balaban J connectivity index is 2.48. The summed E-state index contributed by atoms with van der Waals surface area (Å²) in [5, 5.41) is 3.50. The number of ether oxygens (including phenoxy) is 1. The highest BCUT2D eigenvalue weighted by Crippen LogP contribution is 2.16. The van der Waals surface area contributed by atoms with Crippen molar-refractivity contribution < 1.29 is 4.74 Å². The molecular formula is C9H19NO. The second-order valence-corrected chi connectivity index (χ2v) is 3.53. The molecule has 1 heterocycles. The molecule has 4 unspecified atom stereocenters. The van der Waals surface area contributed by atoms with Crippen molar-refractivity contribution in [2.45, 2.75) is 58.4 Å². The quantitative estimate of drug-likeness (QED) is 0.623. The SMILES string of the molecule is CCC1OC(C)C(C)NC1C. The smallest absolute Gasteiger partial charge is 0.0727 e. The fourth-order valence-electron chi connectivity index (χ4n) is 1.62. The predicted octanol–water partition coefficient (Wildman–Crippen LogP) is 1.55. The number of rotatable bonds is 1. The third-order valence-electron chi connectivity index (χ3n) is 2.58. The van der Waals surface area contributed by atoms with Crippen LogP contribution >= 0.6 is 0 Å². The maximum absolute atomic E-state index is 5.80. The highest BCUT2D eigenvalue weighted by molar-refractivity contribution is 4.84. The van der Waals surface area contributed by atoms with Gasteiger partial charge in [0.2, 0.25) is 0 Å². The van der Waals surface area contributed by atoms with Crippen LogP contribution in [-0.4, -0.2) is 24.3 Å². The van der Waals surface area contributed by atoms with E-state index in [1.54, 1.807) is 0 Å². The molecule has 1 aliphatic rings. The second-order valence-electron chi connectivity index (χ2n) is 3.53. The molecule has 66 valence electrons. The molecule has 0 aromatic carbocycles. The highest BCUT2D eigenvalue weighted by Gasteiger charge is 2.28. The van der Waals surface area contributed by atoms with Crippen molar-refractivity contribution in [3.05, 3.63) is 0 Å². The molecule has 1 aliphatic heterocycles. The van der Waals surface area contributed by atoms with Crippen LogP contribution in [0.1, 0.15) is 34.1 Å². The molecule has 0 aromatic rings. The maximum atomic E-state index is 5.80. The normalized spacial score (nSPS) is 45.8. The van der Waals surface area contributed by atoms with Crippen molar-refractivity contribution in [1.29, 1.82) is 0 Å². The summed E-state index contributed by atoms with van der Waals surface area (Å²) in [5.74, 6) is 0. The third kappa shape index (κ3) is 1.94. The van der Waals surface area contributed by atoms with Gasteiger partial charge < -0.3 is 10.1 Å². The maximum Gasteiger partial charge on any atom is 0.0727 e. The van der Waals surface area contributed by atoms with E-state index in [1.165, 1.54) is 0 Å². The van der Waals surface area contributed by atoms with Crippen LogP contribution in [0.25, 0.3) is 0 Å². The summed E-state index contributed by atoms with van der Waals surface area (Å²) in [5.41, 5.74) is 0. The van der Waals surface area contributed by atoms with Crippen LogP contribution in [0.15, 0.2) is 0 Å². The van der Waals surface area contributed by atoms with Gasteiger partial charge in [0.15, 0.2) is 0 Å². The molecule has 0 radical (unpaired) electrons. The van der Waals surface area contributed by atoms with Crippen molar-refractivity contribution >= 4 is 0 Å². The van der Waals surface area contributed by atoms with Crippen molar-refractivity contribution in [3.8, 4) is 0 Å². The molecule has 2 nitrogen and oxygen atoms in total. The summed E-state index contributed by atoms with van der Waals surface area (Å²) in [6.45, 7) is 8.67. The molecule has 0 spiro atoms. The van der Waals surface area contributed by atoms with Crippen LogP contribution in [0.5, 0.6) is 0 Å². The van der Waals surface area contributed by atoms with Gasteiger partial charge in [-0.25, -0.2) is 0 Å². The molecule has 1 fully saturated rings. The van der Waals surface area contributed by atoms with E-state index < -0.39 is 0 Å². The Hall–Kier alpha value is -0.0800. The summed E-state index contributed by atoms with van der Waals surface area (Å²) in [4.78, 5) is 0. The van der Waals surface area contributed by atoms with Crippen LogP contribution in [0.4, 0.5) is 0 Å². The Morgan fingerprint density at radius 2 is 1.82 bits per heavy atom. The summed E-state index contributed by atoms with van der Waals surface area (Å²) < 4.78 is 5.80. The summed E-state index contributed by atoms with van der Waals surface area (Å²) in [7, 11) is 0. The molecule has 2 heteroatoms. The van der Waals surface area contributed by atoms with Crippen LogP contribution in [0, 0.1) is 0 Å². The number of nitrogens with one attached hydrogen (secondary N) is 1. The molecular weight excluding hydrogens is 138 g/mol. The van der Waals surface area contributed by atoms with Crippen LogP contribution in [0.3, 0.4) is 0 Å². The fourth-order valence-corrected chi connectivity index (χ4v) is 1.62. The predicted molar refractivity (Wildman–Crippen MR) is 46.7 cm³/mol. The largest absolute Gasteiger partial charge is 0.372 e. The Kier molecular flexibility index (Phi) is 2.90. The molecule has 0 saturated carbocycles. The van der Waals surface area contributed by atoms with Crippen LogP contribution in [-0.2, 0) is 4.74 Å². The first-order valence-corrected chi connectivity index (χ1v) is 4.56. The Morgan fingerprint density at radius 3 is 2.36 bits per heavy atom. The van der Waals surface area contributed by atoms with Gasteiger partial charge in [0.05, 0.1) is 12.2 Å². The summed E-state index contributed by atoms with van der Waals surface area (Å²) in [6, 6.07) is 0.999. The number of hydrogen-bond donors (Lipinski definition) is 1. The Bertz CT molecular complexity index is 127. The molecule has 4 atom stereocenters. The van der Waals surface area contributed by atoms with Crippen molar-refractivity contribution in [1.82, 2.24) is 5.32 Å². The van der Waals surface area contributed by atoms with E-state index in [9.17, 15) is 0 Å². The lowest BCUT2D eigenvalue weighted by atomic mass is 10.0. The second kappa shape index (κ2) is 3.55. The molecule has 11 heavy (non-hydrogen) atoms. The zero-order valence-corrected chi connectivity index (χ0v) is 7.92. The fraction of sp³-hybridized carbons (Fsp3) is 1.00. The lowest BCUT2D eigenvalue weighted by Crippen LogP contribution is -2.55. The third-order valence-corrected chi connectivity index (χ3v) is 2.58. The average Bonchev–Trinajstić information content (AvgIpc) is 1.97.